The van der Waals surface area contributed by atoms with Crippen LogP contribution in [0.2, 0.25) is 0 Å². The van der Waals surface area contributed by atoms with Crippen molar-refractivity contribution in [1.82, 2.24) is 5.32 Å². The Morgan fingerprint density at radius 3 is 2.09 bits per heavy atom. The number of benzene rings is 2. The van der Waals surface area contributed by atoms with Gasteiger partial charge in [-0.3, -0.25) is 9.10 Å². The molecule has 2 aromatic rings. The van der Waals surface area contributed by atoms with E-state index in [9.17, 15) is 13.2 Å². The fourth-order valence-corrected chi connectivity index (χ4v) is 8.51. The Morgan fingerprint density at radius 1 is 1.00 bits per heavy atom. The molecule has 1 amide bonds. The van der Waals surface area contributed by atoms with Crippen LogP contribution in [-0.2, 0) is 20.2 Å². The lowest BCUT2D eigenvalue weighted by molar-refractivity contribution is -0.120. The number of anilines is 1. The number of carbonyl (C=O) groups is 1. The molecule has 5 nitrogen and oxygen atoms in total. The summed E-state index contributed by atoms with van der Waals surface area (Å²) in [5, 5.41) is 2.98. The lowest BCUT2D eigenvalue weighted by atomic mass is 9.48. The van der Waals surface area contributed by atoms with Crippen LogP contribution >= 0.6 is 0 Å². The van der Waals surface area contributed by atoms with Crippen molar-refractivity contribution in [3.8, 4) is 0 Å². The van der Waals surface area contributed by atoms with E-state index in [1.54, 1.807) is 0 Å². The Morgan fingerprint density at radius 2 is 1.57 bits per heavy atom. The highest BCUT2D eigenvalue weighted by Gasteiger charge is 2.51. The number of hydrogen-bond donors (Lipinski definition) is 1. The van der Waals surface area contributed by atoms with Crippen molar-refractivity contribution < 1.29 is 13.2 Å². The third kappa shape index (κ3) is 4.87. The molecule has 1 N–H and O–H groups in total. The molecule has 35 heavy (non-hydrogen) atoms. The van der Waals surface area contributed by atoms with Gasteiger partial charge >= 0.3 is 0 Å². The molecular formula is C29H38N2O3S. The van der Waals surface area contributed by atoms with Crippen molar-refractivity contribution in [3.63, 3.8) is 0 Å². The summed E-state index contributed by atoms with van der Waals surface area (Å²) in [6.07, 6.45) is 9.17. The first-order valence-electron chi connectivity index (χ1n) is 13.0. The highest BCUT2D eigenvalue weighted by atomic mass is 32.2. The molecule has 6 heteroatoms. The first kappa shape index (κ1) is 24.4. The van der Waals surface area contributed by atoms with Crippen LogP contribution in [0.4, 0.5) is 5.69 Å². The van der Waals surface area contributed by atoms with Gasteiger partial charge in [-0.2, -0.15) is 0 Å². The summed E-state index contributed by atoms with van der Waals surface area (Å²) in [6, 6.07) is 14.0. The molecular weight excluding hydrogens is 456 g/mol. The van der Waals surface area contributed by atoms with E-state index >= 15 is 0 Å². The van der Waals surface area contributed by atoms with Crippen molar-refractivity contribution in [3.05, 3.63) is 64.7 Å². The Labute approximate surface area is 210 Å². The minimum Gasteiger partial charge on any atom is -0.348 e. The van der Waals surface area contributed by atoms with Crippen LogP contribution in [0.25, 0.3) is 0 Å². The summed E-state index contributed by atoms with van der Waals surface area (Å²) in [7, 11) is -3.61. The number of carbonyl (C=O) groups excluding carboxylic acids is 1. The second-order valence-electron chi connectivity index (χ2n) is 11.7. The standard InChI is InChI=1S/C29H38N2O3S/c1-19-5-10-27(20(2)11-19)21(3)30-28(32)18-31(35(4,33)34)26-8-6-25(7-9-26)29-15-22-12-23(16-29)14-24(13-22)17-29/h5-11,21-24H,12-18H2,1-4H3,(H,30,32)/t21-,22?,23?,24?,29?/m0/s1. The highest BCUT2D eigenvalue weighted by Crippen LogP contribution is 2.60. The number of aryl methyl sites for hydroxylation is 2. The topological polar surface area (TPSA) is 66.5 Å². The van der Waals surface area contributed by atoms with E-state index in [2.05, 4.69) is 23.5 Å². The SMILES string of the molecule is Cc1ccc([C@H](C)NC(=O)CN(c2ccc(C34CC5CC(CC(C5)C3)C4)cc2)S(C)(=O)=O)c(C)c1. The normalized spacial score (nSPS) is 28.1. The largest absolute Gasteiger partial charge is 0.348 e. The van der Waals surface area contributed by atoms with Gasteiger partial charge in [0.15, 0.2) is 0 Å². The number of hydrogen-bond acceptors (Lipinski definition) is 3. The van der Waals surface area contributed by atoms with Crippen molar-refractivity contribution in [2.75, 3.05) is 17.1 Å². The number of amides is 1. The fourth-order valence-electron chi connectivity index (χ4n) is 7.65. The lowest BCUT2D eigenvalue weighted by Gasteiger charge is -2.57. The van der Waals surface area contributed by atoms with Crippen molar-refractivity contribution >= 4 is 21.6 Å². The number of rotatable bonds is 7. The van der Waals surface area contributed by atoms with Crippen LogP contribution in [0.1, 0.15) is 73.7 Å². The summed E-state index contributed by atoms with van der Waals surface area (Å²) >= 11 is 0. The van der Waals surface area contributed by atoms with E-state index in [0.717, 1.165) is 28.9 Å². The van der Waals surface area contributed by atoms with Crippen LogP contribution < -0.4 is 9.62 Å². The zero-order chi connectivity index (χ0) is 25.0. The molecule has 0 heterocycles. The maximum atomic E-state index is 12.9. The number of nitrogens with one attached hydrogen (secondary N) is 1. The van der Waals surface area contributed by atoms with E-state index in [-0.39, 0.29) is 23.9 Å². The van der Waals surface area contributed by atoms with Gasteiger partial charge in [-0.25, -0.2) is 8.42 Å². The van der Waals surface area contributed by atoms with Gasteiger partial charge in [-0.1, -0.05) is 35.9 Å². The van der Waals surface area contributed by atoms with E-state index in [1.807, 2.05) is 45.0 Å². The summed E-state index contributed by atoms with van der Waals surface area (Å²) < 4.78 is 26.6. The minimum absolute atomic E-state index is 0.206. The van der Waals surface area contributed by atoms with E-state index in [1.165, 1.54) is 60.2 Å². The zero-order valence-corrected chi connectivity index (χ0v) is 22.2. The lowest BCUT2D eigenvalue weighted by Crippen LogP contribution is -2.48. The second-order valence-corrected chi connectivity index (χ2v) is 13.6. The Bertz CT molecular complexity index is 1180. The maximum Gasteiger partial charge on any atom is 0.241 e. The Hall–Kier alpha value is -2.34. The van der Waals surface area contributed by atoms with Gasteiger partial charge in [-0.05, 0) is 111 Å². The van der Waals surface area contributed by atoms with Gasteiger partial charge in [0.05, 0.1) is 18.0 Å². The van der Waals surface area contributed by atoms with Gasteiger partial charge in [0.1, 0.15) is 6.54 Å². The molecule has 4 saturated carbocycles. The monoisotopic (exact) mass is 494 g/mol. The smallest absolute Gasteiger partial charge is 0.241 e. The molecule has 0 saturated heterocycles. The van der Waals surface area contributed by atoms with E-state index in [4.69, 9.17) is 0 Å². The molecule has 1 atom stereocenters. The molecule has 188 valence electrons. The van der Waals surface area contributed by atoms with Crippen molar-refractivity contribution in [2.24, 2.45) is 17.8 Å². The predicted molar refractivity (Wildman–Crippen MR) is 141 cm³/mol. The number of nitrogens with zero attached hydrogens (tertiary/aromatic N) is 1. The minimum atomic E-state index is -3.61. The zero-order valence-electron chi connectivity index (χ0n) is 21.4. The molecule has 4 fully saturated rings. The third-order valence-corrected chi connectivity index (χ3v) is 9.90. The summed E-state index contributed by atoms with van der Waals surface area (Å²) in [6.45, 7) is 5.77. The summed E-state index contributed by atoms with van der Waals surface area (Å²) in [4.78, 5) is 12.9. The molecule has 0 unspecified atom stereocenters. The average Bonchev–Trinajstić information content (AvgIpc) is 2.76. The first-order valence-corrected chi connectivity index (χ1v) is 14.8. The molecule has 4 bridgehead atoms. The van der Waals surface area contributed by atoms with E-state index in [0.29, 0.717) is 5.69 Å². The quantitative estimate of drug-likeness (QED) is 0.559. The molecule has 0 aliphatic heterocycles. The fraction of sp³-hybridized carbons (Fsp3) is 0.552. The highest BCUT2D eigenvalue weighted by molar-refractivity contribution is 7.92. The molecule has 4 aliphatic carbocycles. The second kappa shape index (κ2) is 8.95. The molecule has 0 spiro atoms. The van der Waals surface area contributed by atoms with Gasteiger partial charge in [-0.15, -0.1) is 0 Å². The van der Waals surface area contributed by atoms with Gasteiger partial charge in [0, 0.05) is 0 Å². The summed E-state index contributed by atoms with van der Waals surface area (Å²) in [5.74, 6) is 2.26. The van der Waals surface area contributed by atoms with E-state index < -0.39 is 10.0 Å². The van der Waals surface area contributed by atoms with Crippen LogP contribution in [0.3, 0.4) is 0 Å². The van der Waals surface area contributed by atoms with Crippen molar-refractivity contribution in [1.29, 1.82) is 0 Å². The average molecular weight is 495 g/mol. The van der Waals surface area contributed by atoms with Crippen LogP contribution in [0.15, 0.2) is 42.5 Å². The van der Waals surface area contributed by atoms with Gasteiger partial charge < -0.3 is 5.32 Å². The summed E-state index contributed by atoms with van der Waals surface area (Å²) in [5.41, 5.74) is 5.48. The van der Waals surface area contributed by atoms with Gasteiger partial charge in [0.25, 0.3) is 0 Å². The Balaban J connectivity index is 1.31. The van der Waals surface area contributed by atoms with Crippen LogP contribution in [0, 0.1) is 31.6 Å². The molecule has 0 aromatic heterocycles. The maximum absolute atomic E-state index is 12.9. The van der Waals surface area contributed by atoms with Gasteiger partial charge in [0.2, 0.25) is 15.9 Å². The first-order chi connectivity index (χ1) is 16.5. The predicted octanol–water partition coefficient (Wildman–Crippen LogP) is 5.41. The Kier molecular flexibility index (Phi) is 6.23. The van der Waals surface area contributed by atoms with Crippen LogP contribution in [0.5, 0.6) is 0 Å². The molecule has 2 aromatic carbocycles. The van der Waals surface area contributed by atoms with Crippen molar-refractivity contribution in [2.45, 2.75) is 70.8 Å². The third-order valence-electron chi connectivity index (χ3n) is 8.76. The molecule has 4 aliphatic rings. The van der Waals surface area contributed by atoms with Crippen LogP contribution in [-0.4, -0.2) is 27.1 Å². The number of sulfonamides is 1. The molecule has 6 rings (SSSR count). The molecule has 0 radical (unpaired) electrons.